The van der Waals surface area contributed by atoms with E-state index in [-0.39, 0.29) is 16.8 Å². The van der Waals surface area contributed by atoms with Crippen LogP contribution in [0.25, 0.3) is 17.8 Å². The van der Waals surface area contributed by atoms with Crippen molar-refractivity contribution < 1.29 is 9.90 Å². The van der Waals surface area contributed by atoms with E-state index < -0.39 is 11.5 Å². The predicted octanol–water partition coefficient (Wildman–Crippen LogP) is 3.69. The Hall–Kier alpha value is -3.21. The molecule has 6 nitrogen and oxygen atoms in total. The molecule has 1 N–H and O–H groups in total. The van der Waals surface area contributed by atoms with Gasteiger partial charge in [-0.05, 0) is 47.9 Å². The molecule has 0 aliphatic carbocycles. The number of rotatable bonds is 4. The topological polar surface area (TPSA) is 96.0 Å². The van der Waals surface area contributed by atoms with E-state index in [0.717, 1.165) is 9.56 Å². The lowest BCUT2D eigenvalue weighted by Crippen LogP contribution is -2.28. The summed E-state index contributed by atoms with van der Waals surface area (Å²) in [5.41, 5.74) is -1.09. The number of carboxylic acids is 1. The van der Waals surface area contributed by atoms with Gasteiger partial charge in [-0.15, -0.1) is 11.3 Å². The first kappa shape index (κ1) is 17.6. The second-order valence-corrected chi connectivity index (χ2v) is 6.51. The largest absolute Gasteiger partial charge is 0.476 e. The highest BCUT2D eigenvalue weighted by atomic mass is 35.5. The van der Waals surface area contributed by atoms with Crippen LogP contribution < -0.4 is 5.56 Å². The average Bonchev–Trinajstić information content (AvgIpc) is 3.14. The van der Waals surface area contributed by atoms with E-state index in [1.54, 1.807) is 24.3 Å². The molecule has 0 radical (unpaired) electrons. The normalized spacial score (nSPS) is 10.8. The molecule has 0 aliphatic rings. The molecule has 0 fully saturated rings. The molecule has 128 valence electrons. The number of nitrogens with zero attached hydrogens (tertiary/aromatic N) is 3. The Balaban J connectivity index is 2.24. The fourth-order valence-electron chi connectivity index (χ4n) is 2.28. The van der Waals surface area contributed by atoms with Crippen molar-refractivity contribution in [2.45, 2.75) is 0 Å². The fraction of sp³-hybridized carbons (Fsp3) is 0. The first-order valence-electron chi connectivity index (χ1n) is 7.29. The van der Waals surface area contributed by atoms with Crippen molar-refractivity contribution in [2.75, 3.05) is 0 Å². The Morgan fingerprint density at radius 3 is 2.58 bits per heavy atom. The summed E-state index contributed by atoms with van der Waals surface area (Å²) in [6.45, 7) is 0. The first-order chi connectivity index (χ1) is 12.5. The summed E-state index contributed by atoms with van der Waals surface area (Å²) in [6.07, 6.45) is 3.06. The molecular formula is C18H10ClN3O3S. The second-order valence-electron chi connectivity index (χ2n) is 5.10. The lowest BCUT2D eigenvalue weighted by Gasteiger charge is -2.09. The van der Waals surface area contributed by atoms with Gasteiger partial charge in [-0.1, -0.05) is 17.7 Å². The quantitative estimate of drug-likeness (QED) is 0.741. The highest BCUT2D eigenvalue weighted by Crippen LogP contribution is 2.18. The third-order valence-electron chi connectivity index (χ3n) is 3.47. The highest BCUT2D eigenvalue weighted by molar-refractivity contribution is 7.10. The predicted molar refractivity (Wildman–Crippen MR) is 99.8 cm³/mol. The second kappa shape index (κ2) is 7.35. The van der Waals surface area contributed by atoms with E-state index in [1.165, 1.54) is 29.5 Å². The lowest BCUT2D eigenvalue weighted by molar-refractivity contribution is 0.0688. The van der Waals surface area contributed by atoms with E-state index in [0.29, 0.717) is 10.7 Å². The molecule has 26 heavy (non-hydrogen) atoms. The molecule has 0 aliphatic heterocycles. The molecule has 2 heterocycles. The van der Waals surface area contributed by atoms with Crippen LogP contribution in [0.3, 0.4) is 0 Å². The Bertz CT molecular complexity index is 1090. The van der Waals surface area contributed by atoms with Gasteiger partial charge in [-0.2, -0.15) is 15.0 Å². The summed E-state index contributed by atoms with van der Waals surface area (Å²) >= 11 is 7.27. The van der Waals surface area contributed by atoms with Gasteiger partial charge in [0.1, 0.15) is 11.6 Å². The van der Waals surface area contributed by atoms with E-state index >= 15 is 0 Å². The first-order valence-corrected chi connectivity index (χ1v) is 8.55. The Morgan fingerprint density at radius 2 is 2.00 bits per heavy atom. The van der Waals surface area contributed by atoms with Crippen molar-refractivity contribution in [3.8, 4) is 11.8 Å². The van der Waals surface area contributed by atoms with Gasteiger partial charge in [0, 0.05) is 15.5 Å². The maximum absolute atomic E-state index is 12.7. The molecule has 0 bridgehead atoms. The Morgan fingerprint density at radius 1 is 1.27 bits per heavy atom. The molecule has 0 unspecified atom stereocenters. The van der Waals surface area contributed by atoms with Crippen molar-refractivity contribution in [1.82, 2.24) is 9.78 Å². The molecule has 3 rings (SSSR count). The van der Waals surface area contributed by atoms with E-state index in [1.807, 2.05) is 17.5 Å². The summed E-state index contributed by atoms with van der Waals surface area (Å²) < 4.78 is 0.890. The number of nitriles is 1. The van der Waals surface area contributed by atoms with Crippen LogP contribution in [0.5, 0.6) is 0 Å². The molecule has 0 saturated carbocycles. The summed E-state index contributed by atoms with van der Waals surface area (Å²) in [5.74, 6) is -1.34. The standard InChI is InChI=1S/C18H10ClN3O3S/c19-11-3-5-12(6-4-11)22-17(23)15(10-20)14(16(21-22)18(24)25)8-7-13-2-1-9-26-13/h1-9H,(H,24,25)/b8-7+. The number of benzene rings is 1. The molecule has 0 spiro atoms. The minimum atomic E-state index is -1.34. The van der Waals surface area contributed by atoms with Crippen LogP contribution in [0.1, 0.15) is 26.5 Å². The monoisotopic (exact) mass is 383 g/mol. The van der Waals surface area contributed by atoms with Gasteiger partial charge in [0.15, 0.2) is 5.69 Å². The zero-order valence-corrected chi connectivity index (χ0v) is 14.7. The van der Waals surface area contributed by atoms with Gasteiger partial charge in [-0.3, -0.25) is 4.79 Å². The summed E-state index contributed by atoms with van der Waals surface area (Å²) in [7, 11) is 0. The van der Waals surface area contributed by atoms with E-state index in [2.05, 4.69) is 5.10 Å². The lowest BCUT2D eigenvalue weighted by atomic mass is 10.1. The third-order valence-corrected chi connectivity index (χ3v) is 4.56. The maximum atomic E-state index is 12.7. The zero-order valence-electron chi connectivity index (χ0n) is 13.1. The van der Waals surface area contributed by atoms with Crippen LogP contribution in [0.15, 0.2) is 46.6 Å². The van der Waals surface area contributed by atoms with Crippen molar-refractivity contribution in [3.63, 3.8) is 0 Å². The van der Waals surface area contributed by atoms with E-state index in [9.17, 15) is 20.0 Å². The summed E-state index contributed by atoms with van der Waals surface area (Å²) in [4.78, 5) is 25.2. The number of hydrogen-bond acceptors (Lipinski definition) is 5. The number of thiophene rings is 1. The minimum Gasteiger partial charge on any atom is -0.476 e. The van der Waals surface area contributed by atoms with E-state index in [4.69, 9.17) is 11.6 Å². The van der Waals surface area contributed by atoms with Crippen LogP contribution >= 0.6 is 22.9 Å². The van der Waals surface area contributed by atoms with Crippen molar-refractivity contribution in [2.24, 2.45) is 0 Å². The van der Waals surface area contributed by atoms with Gasteiger partial charge < -0.3 is 5.11 Å². The SMILES string of the molecule is N#Cc1c(/C=C/c2cccs2)c(C(=O)O)nn(-c2ccc(Cl)cc2)c1=O. The smallest absolute Gasteiger partial charge is 0.357 e. The number of hydrogen-bond donors (Lipinski definition) is 1. The van der Waals surface area contributed by atoms with Crippen LogP contribution in [0.4, 0.5) is 0 Å². The molecule has 0 atom stereocenters. The van der Waals surface area contributed by atoms with Gasteiger partial charge in [0.05, 0.1) is 5.69 Å². The third kappa shape index (κ3) is 3.42. The van der Waals surface area contributed by atoms with Crippen LogP contribution in [0.2, 0.25) is 5.02 Å². The average molecular weight is 384 g/mol. The molecule has 0 amide bonds. The van der Waals surface area contributed by atoms with Crippen LogP contribution in [-0.4, -0.2) is 20.9 Å². The number of aromatic nitrogens is 2. The van der Waals surface area contributed by atoms with Crippen molar-refractivity contribution in [1.29, 1.82) is 5.26 Å². The number of carboxylic acid groups (broad SMARTS) is 1. The Labute approximate surface area is 156 Å². The Kier molecular flexibility index (Phi) is 4.98. The van der Waals surface area contributed by atoms with Crippen LogP contribution in [-0.2, 0) is 0 Å². The van der Waals surface area contributed by atoms with Crippen molar-refractivity contribution in [3.05, 3.63) is 78.9 Å². The fourth-order valence-corrected chi connectivity index (χ4v) is 3.02. The maximum Gasteiger partial charge on any atom is 0.357 e. The molecule has 1 aromatic carbocycles. The molecule has 2 aromatic heterocycles. The zero-order chi connectivity index (χ0) is 18.7. The summed E-state index contributed by atoms with van der Waals surface area (Å²) in [5, 5.41) is 25.2. The highest BCUT2D eigenvalue weighted by Gasteiger charge is 2.21. The van der Waals surface area contributed by atoms with Gasteiger partial charge >= 0.3 is 5.97 Å². The number of aromatic carboxylic acids is 1. The van der Waals surface area contributed by atoms with Gasteiger partial charge in [0.25, 0.3) is 5.56 Å². The molecule has 8 heteroatoms. The molecule has 0 saturated heterocycles. The van der Waals surface area contributed by atoms with Crippen LogP contribution in [0, 0.1) is 11.3 Å². The summed E-state index contributed by atoms with van der Waals surface area (Å²) in [6, 6.07) is 11.6. The molecular weight excluding hydrogens is 374 g/mol. The number of halogens is 1. The van der Waals surface area contributed by atoms with Gasteiger partial charge in [0.2, 0.25) is 0 Å². The van der Waals surface area contributed by atoms with Crippen molar-refractivity contribution >= 4 is 41.1 Å². The van der Waals surface area contributed by atoms with Gasteiger partial charge in [-0.25, -0.2) is 4.79 Å². The number of carbonyl (C=O) groups is 1. The molecule has 3 aromatic rings. The minimum absolute atomic E-state index is 0.0244.